The van der Waals surface area contributed by atoms with Crippen LogP contribution in [0.15, 0.2) is 29.3 Å². The zero-order valence-electron chi connectivity index (χ0n) is 19.2. The molecule has 0 radical (unpaired) electrons. The van der Waals surface area contributed by atoms with Gasteiger partial charge in [0.2, 0.25) is 0 Å². The maximum Gasteiger partial charge on any atom is 0.191 e. The van der Waals surface area contributed by atoms with E-state index in [4.69, 9.17) is 4.74 Å². The second-order valence-corrected chi connectivity index (χ2v) is 8.41. The summed E-state index contributed by atoms with van der Waals surface area (Å²) in [6.45, 7) is 18.4. The van der Waals surface area contributed by atoms with E-state index in [-0.39, 0.29) is 6.04 Å². The van der Waals surface area contributed by atoms with Crippen molar-refractivity contribution in [1.29, 1.82) is 0 Å². The van der Waals surface area contributed by atoms with E-state index in [2.05, 4.69) is 72.2 Å². The van der Waals surface area contributed by atoms with Crippen molar-refractivity contribution >= 4 is 5.96 Å². The van der Waals surface area contributed by atoms with Gasteiger partial charge < -0.3 is 20.3 Å². The highest BCUT2D eigenvalue weighted by molar-refractivity contribution is 5.80. The summed E-state index contributed by atoms with van der Waals surface area (Å²) >= 11 is 0. The molecule has 0 aliphatic carbocycles. The van der Waals surface area contributed by atoms with Crippen molar-refractivity contribution in [2.24, 2.45) is 10.9 Å². The number of likely N-dealkylation sites (N-methyl/N-ethyl adjacent to an activating group) is 1. The summed E-state index contributed by atoms with van der Waals surface area (Å²) < 4.78 is 5.78. The zero-order valence-corrected chi connectivity index (χ0v) is 19.2. The van der Waals surface area contributed by atoms with Crippen LogP contribution in [0.2, 0.25) is 0 Å². The summed E-state index contributed by atoms with van der Waals surface area (Å²) in [5.74, 6) is 2.30. The predicted molar refractivity (Wildman–Crippen MR) is 123 cm³/mol. The van der Waals surface area contributed by atoms with Gasteiger partial charge in [-0.25, -0.2) is 0 Å². The Balaban J connectivity index is 1.78. The first-order valence-electron chi connectivity index (χ1n) is 11.1. The van der Waals surface area contributed by atoms with E-state index in [9.17, 15) is 0 Å². The quantitative estimate of drug-likeness (QED) is 0.490. The van der Waals surface area contributed by atoms with E-state index in [0.717, 1.165) is 44.5 Å². The molecule has 1 aliphatic heterocycles. The number of piperazine rings is 1. The second kappa shape index (κ2) is 12.0. The van der Waals surface area contributed by atoms with Crippen LogP contribution in [0.4, 0.5) is 0 Å². The van der Waals surface area contributed by atoms with Crippen molar-refractivity contribution in [2.75, 3.05) is 52.9 Å². The van der Waals surface area contributed by atoms with E-state index in [0.29, 0.717) is 12.0 Å². The molecular formula is C23H41N5O. The van der Waals surface area contributed by atoms with Crippen molar-refractivity contribution in [3.63, 3.8) is 0 Å². The molecule has 164 valence electrons. The largest absolute Gasteiger partial charge is 0.493 e. The minimum absolute atomic E-state index is 0.170. The molecule has 1 aliphatic rings. The lowest BCUT2D eigenvalue weighted by Crippen LogP contribution is -2.53. The van der Waals surface area contributed by atoms with Crippen LogP contribution in [0.5, 0.6) is 5.75 Å². The molecule has 1 aromatic rings. The molecule has 2 N–H and O–H groups in total. The topological polar surface area (TPSA) is 52.1 Å². The van der Waals surface area contributed by atoms with Gasteiger partial charge in [0.05, 0.1) is 12.6 Å². The third-order valence-electron chi connectivity index (χ3n) is 5.58. The predicted octanol–water partition coefficient (Wildman–Crippen LogP) is 2.97. The molecule has 1 saturated heterocycles. The molecule has 2 atom stereocenters. The molecule has 2 rings (SSSR count). The Bertz CT molecular complexity index is 608. The fraction of sp³-hybridized carbons (Fsp3) is 0.696. The number of hydrogen-bond acceptors (Lipinski definition) is 4. The lowest BCUT2D eigenvalue weighted by molar-refractivity contribution is 0.107. The maximum atomic E-state index is 5.78. The number of ether oxygens (including phenoxy) is 1. The van der Waals surface area contributed by atoms with Crippen LogP contribution >= 0.6 is 0 Å². The first kappa shape index (κ1) is 23.5. The van der Waals surface area contributed by atoms with Crippen LogP contribution in [0.25, 0.3) is 0 Å². The van der Waals surface area contributed by atoms with Gasteiger partial charge in [0, 0.05) is 45.8 Å². The standard InChI is InChI=1S/C23H41N5O/c1-7-27-12-14-28(15-13-27)19(4)16-25-23(24-6)26-20(5)21-8-10-22(11-9-21)29-17-18(2)3/h8-11,18-20H,7,12-17H2,1-6H3,(H2,24,25,26). The highest BCUT2D eigenvalue weighted by Gasteiger charge is 2.20. The third-order valence-corrected chi connectivity index (χ3v) is 5.58. The first-order chi connectivity index (χ1) is 13.9. The normalized spacial score (nSPS) is 18.5. The van der Waals surface area contributed by atoms with Crippen LogP contribution in [-0.4, -0.2) is 74.7 Å². The minimum atomic E-state index is 0.170. The molecule has 1 fully saturated rings. The van der Waals surface area contributed by atoms with Gasteiger partial charge in [-0.1, -0.05) is 32.9 Å². The van der Waals surface area contributed by atoms with Gasteiger partial charge >= 0.3 is 0 Å². The van der Waals surface area contributed by atoms with Crippen LogP contribution in [0.1, 0.15) is 46.2 Å². The fourth-order valence-corrected chi connectivity index (χ4v) is 3.49. The number of nitrogens with one attached hydrogen (secondary N) is 2. The summed E-state index contributed by atoms with van der Waals surface area (Å²) in [5, 5.41) is 6.99. The second-order valence-electron chi connectivity index (χ2n) is 8.41. The van der Waals surface area contributed by atoms with Gasteiger partial charge in [0.15, 0.2) is 5.96 Å². The molecule has 0 saturated carbocycles. The molecule has 0 amide bonds. The number of hydrogen-bond donors (Lipinski definition) is 2. The molecule has 2 unspecified atom stereocenters. The smallest absolute Gasteiger partial charge is 0.191 e. The van der Waals surface area contributed by atoms with Gasteiger partial charge in [0.25, 0.3) is 0 Å². The lowest BCUT2D eigenvalue weighted by Gasteiger charge is -2.37. The average Bonchev–Trinajstić information content (AvgIpc) is 2.75. The van der Waals surface area contributed by atoms with Crippen molar-refractivity contribution in [1.82, 2.24) is 20.4 Å². The Hall–Kier alpha value is -1.79. The van der Waals surface area contributed by atoms with Crippen molar-refractivity contribution in [2.45, 2.75) is 46.7 Å². The molecule has 0 spiro atoms. The summed E-state index contributed by atoms with van der Waals surface area (Å²) in [7, 11) is 1.83. The Morgan fingerprint density at radius 2 is 1.72 bits per heavy atom. The first-order valence-corrected chi connectivity index (χ1v) is 11.1. The van der Waals surface area contributed by atoms with E-state index in [1.165, 1.54) is 18.7 Å². The lowest BCUT2D eigenvalue weighted by atomic mass is 10.1. The molecular weight excluding hydrogens is 362 g/mol. The molecule has 6 nitrogen and oxygen atoms in total. The van der Waals surface area contributed by atoms with Crippen LogP contribution in [0.3, 0.4) is 0 Å². The Morgan fingerprint density at radius 1 is 1.07 bits per heavy atom. The SMILES string of the molecule is CCN1CCN(C(C)CNC(=NC)NC(C)c2ccc(OCC(C)C)cc2)CC1. The van der Waals surface area contributed by atoms with Crippen LogP contribution in [-0.2, 0) is 0 Å². The minimum Gasteiger partial charge on any atom is -0.493 e. The van der Waals surface area contributed by atoms with Crippen molar-refractivity contribution in [3.05, 3.63) is 29.8 Å². The van der Waals surface area contributed by atoms with Crippen molar-refractivity contribution < 1.29 is 4.74 Å². The van der Waals surface area contributed by atoms with E-state index in [1.54, 1.807) is 0 Å². The highest BCUT2D eigenvalue weighted by Crippen LogP contribution is 2.18. The van der Waals surface area contributed by atoms with Crippen LogP contribution in [0, 0.1) is 5.92 Å². The number of benzene rings is 1. The Morgan fingerprint density at radius 3 is 2.28 bits per heavy atom. The Labute approximate surface area is 177 Å². The summed E-state index contributed by atoms with van der Waals surface area (Å²) in [6.07, 6.45) is 0. The number of nitrogens with zero attached hydrogens (tertiary/aromatic N) is 3. The van der Waals surface area contributed by atoms with E-state index in [1.807, 2.05) is 19.2 Å². The van der Waals surface area contributed by atoms with E-state index >= 15 is 0 Å². The van der Waals surface area contributed by atoms with Gasteiger partial charge in [-0.2, -0.15) is 0 Å². The number of rotatable bonds is 9. The van der Waals surface area contributed by atoms with Gasteiger partial charge in [-0.15, -0.1) is 0 Å². The maximum absolute atomic E-state index is 5.78. The van der Waals surface area contributed by atoms with Gasteiger partial charge in [-0.3, -0.25) is 9.89 Å². The zero-order chi connectivity index (χ0) is 21.2. The molecule has 0 bridgehead atoms. The van der Waals surface area contributed by atoms with Crippen LogP contribution < -0.4 is 15.4 Å². The summed E-state index contributed by atoms with van der Waals surface area (Å²) in [5.41, 5.74) is 1.22. The molecule has 0 aromatic heterocycles. The Kier molecular flexibility index (Phi) is 9.74. The summed E-state index contributed by atoms with van der Waals surface area (Å²) in [4.78, 5) is 9.48. The molecule has 29 heavy (non-hydrogen) atoms. The van der Waals surface area contributed by atoms with E-state index < -0.39 is 0 Å². The molecule has 1 heterocycles. The third kappa shape index (κ3) is 7.86. The summed E-state index contributed by atoms with van der Waals surface area (Å²) in [6, 6.07) is 8.99. The molecule has 1 aromatic carbocycles. The number of aliphatic imine (C=N–C) groups is 1. The fourth-order valence-electron chi connectivity index (χ4n) is 3.49. The number of guanidine groups is 1. The monoisotopic (exact) mass is 403 g/mol. The average molecular weight is 404 g/mol. The highest BCUT2D eigenvalue weighted by atomic mass is 16.5. The van der Waals surface area contributed by atoms with Gasteiger partial charge in [0.1, 0.15) is 5.75 Å². The van der Waals surface area contributed by atoms with Gasteiger partial charge in [-0.05, 0) is 44.0 Å². The molecule has 6 heteroatoms. The van der Waals surface area contributed by atoms with Crippen molar-refractivity contribution in [3.8, 4) is 5.75 Å².